The summed E-state index contributed by atoms with van der Waals surface area (Å²) in [4.78, 5) is 10.9. The molecule has 94 valence electrons. The fraction of sp³-hybridized carbons (Fsp3) is 0.133. The molecule has 0 aromatic heterocycles. The number of rotatable bonds is 2. The minimum absolute atomic E-state index is 0.0133. The predicted molar refractivity (Wildman–Crippen MR) is 75.4 cm³/mol. The maximum absolute atomic E-state index is 10.9. The van der Waals surface area contributed by atoms with Gasteiger partial charge in [0.15, 0.2) is 5.78 Å². The zero-order valence-corrected chi connectivity index (χ0v) is 10.5. The van der Waals surface area contributed by atoms with Crippen molar-refractivity contribution < 1.29 is 4.79 Å². The van der Waals surface area contributed by atoms with Crippen LogP contribution in [-0.4, -0.2) is 12.3 Å². The fourth-order valence-electron chi connectivity index (χ4n) is 1.31. The van der Waals surface area contributed by atoms with Gasteiger partial charge in [0.25, 0.3) is 0 Å². The molecule has 0 radical (unpaired) electrons. The van der Waals surface area contributed by atoms with E-state index in [0.29, 0.717) is 5.56 Å². The number of nitrogens with two attached hydrogens (primary N) is 2. The molecule has 2 aromatic rings. The van der Waals surface area contributed by atoms with Crippen LogP contribution in [0.2, 0.25) is 0 Å². The highest BCUT2D eigenvalue weighted by Crippen LogP contribution is 2.02. The van der Waals surface area contributed by atoms with Crippen molar-refractivity contribution in [2.45, 2.75) is 6.92 Å². The maximum Gasteiger partial charge on any atom is 0.176 e. The third-order valence-electron chi connectivity index (χ3n) is 2.36. The second-order valence-corrected chi connectivity index (χ2v) is 3.90. The van der Waals surface area contributed by atoms with Crippen molar-refractivity contribution in [3.05, 3.63) is 65.7 Å². The molecule has 2 rings (SSSR count). The molecule has 0 unspecified atom stereocenters. The standard InChI is InChI=1S/C8H9NO.C7H9N/c9-6-8(10)7-4-2-1-3-5-7;1-6-2-4-7(8)5-3-6/h1-5H,6,9H2;2-5H,8H2,1H3. The van der Waals surface area contributed by atoms with Crippen LogP contribution in [0.25, 0.3) is 0 Å². The Morgan fingerprint density at radius 2 is 1.56 bits per heavy atom. The molecule has 0 fully saturated rings. The third-order valence-corrected chi connectivity index (χ3v) is 2.36. The molecule has 0 saturated heterocycles. The van der Waals surface area contributed by atoms with Crippen molar-refractivity contribution >= 4 is 11.5 Å². The molecule has 0 aliphatic rings. The molecular formula is C15H18N2O. The van der Waals surface area contributed by atoms with Gasteiger partial charge in [-0.1, -0.05) is 48.0 Å². The second-order valence-electron chi connectivity index (χ2n) is 3.90. The van der Waals surface area contributed by atoms with Crippen LogP contribution < -0.4 is 11.5 Å². The summed E-state index contributed by atoms with van der Waals surface area (Å²) < 4.78 is 0. The molecular weight excluding hydrogens is 224 g/mol. The molecule has 0 amide bonds. The molecule has 3 heteroatoms. The molecule has 0 aliphatic heterocycles. The molecule has 4 N–H and O–H groups in total. The Morgan fingerprint density at radius 3 is 2.00 bits per heavy atom. The lowest BCUT2D eigenvalue weighted by atomic mass is 10.1. The minimum Gasteiger partial charge on any atom is -0.399 e. The average molecular weight is 242 g/mol. The van der Waals surface area contributed by atoms with Gasteiger partial charge in [-0.15, -0.1) is 0 Å². The lowest BCUT2D eigenvalue weighted by Crippen LogP contribution is -2.12. The highest BCUT2D eigenvalue weighted by molar-refractivity contribution is 5.97. The van der Waals surface area contributed by atoms with E-state index in [1.807, 2.05) is 49.4 Å². The van der Waals surface area contributed by atoms with E-state index in [1.54, 1.807) is 12.1 Å². The quantitative estimate of drug-likeness (QED) is 0.627. The summed E-state index contributed by atoms with van der Waals surface area (Å²) in [6, 6.07) is 16.8. The Morgan fingerprint density at radius 1 is 1.00 bits per heavy atom. The number of benzene rings is 2. The smallest absolute Gasteiger partial charge is 0.176 e. The van der Waals surface area contributed by atoms with Gasteiger partial charge in [-0.05, 0) is 19.1 Å². The van der Waals surface area contributed by atoms with E-state index in [4.69, 9.17) is 11.5 Å². The van der Waals surface area contributed by atoms with Crippen molar-refractivity contribution in [3.8, 4) is 0 Å². The van der Waals surface area contributed by atoms with Gasteiger partial charge in [0, 0.05) is 11.3 Å². The van der Waals surface area contributed by atoms with Gasteiger partial charge in [-0.25, -0.2) is 0 Å². The zero-order valence-electron chi connectivity index (χ0n) is 10.5. The van der Waals surface area contributed by atoms with Gasteiger partial charge < -0.3 is 11.5 Å². The topological polar surface area (TPSA) is 69.1 Å². The number of carbonyl (C=O) groups is 1. The van der Waals surface area contributed by atoms with E-state index in [0.717, 1.165) is 5.69 Å². The molecule has 18 heavy (non-hydrogen) atoms. The van der Waals surface area contributed by atoms with E-state index in [2.05, 4.69) is 0 Å². The number of hydrogen-bond acceptors (Lipinski definition) is 3. The molecule has 0 saturated carbocycles. The molecule has 3 nitrogen and oxygen atoms in total. The van der Waals surface area contributed by atoms with E-state index in [9.17, 15) is 4.79 Å². The van der Waals surface area contributed by atoms with Crippen LogP contribution in [0.3, 0.4) is 0 Å². The first-order valence-corrected chi connectivity index (χ1v) is 5.74. The molecule has 0 atom stereocenters. The van der Waals surface area contributed by atoms with Gasteiger partial charge in [0.05, 0.1) is 6.54 Å². The summed E-state index contributed by atoms with van der Waals surface area (Å²) in [7, 11) is 0. The number of carbonyl (C=O) groups excluding carboxylic acids is 1. The summed E-state index contributed by atoms with van der Waals surface area (Å²) in [5.74, 6) is -0.0133. The Balaban J connectivity index is 0.000000184. The predicted octanol–water partition coefficient (Wildman–Crippen LogP) is 2.41. The zero-order chi connectivity index (χ0) is 13.4. The number of Topliss-reactive ketones (excluding diaryl/α,β-unsaturated/α-hetero) is 1. The van der Waals surface area contributed by atoms with Crippen molar-refractivity contribution in [2.75, 3.05) is 12.3 Å². The van der Waals surface area contributed by atoms with Gasteiger partial charge >= 0.3 is 0 Å². The van der Waals surface area contributed by atoms with Gasteiger partial charge in [0.1, 0.15) is 0 Å². The summed E-state index contributed by atoms with van der Waals surface area (Å²) in [6.07, 6.45) is 0. The van der Waals surface area contributed by atoms with Gasteiger partial charge in [0.2, 0.25) is 0 Å². The van der Waals surface area contributed by atoms with Crippen molar-refractivity contribution in [1.29, 1.82) is 0 Å². The second kappa shape index (κ2) is 7.25. The Kier molecular flexibility index (Phi) is 5.61. The molecule has 0 spiro atoms. The first-order chi connectivity index (χ1) is 8.63. The van der Waals surface area contributed by atoms with Crippen LogP contribution >= 0.6 is 0 Å². The first-order valence-electron chi connectivity index (χ1n) is 5.74. The van der Waals surface area contributed by atoms with Crippen molar-refractivity contribution in [2.24, 2.45) is 5.73 Å². The van der Waals surface area contributed by atoms with Crippen LogP contribution in [0.15, 0.2) is 54.6 Å². The Hall–Kier alpha value is -2.13. The molecule has 2 aromatic carbocycles. The molecule has 0 aliphatic carbocycles. The van der Waals surface area contributed by atoms with Gasteiger partial charge in [-0.2, -0.15) is 0 Å². The summed E-state index contributed by atoms with van der Waals surface area (Å²) in [5.41, 5.74) is 13.3. The van der Waals surface area contributed by atoms with Gasteiger partial charge in [-0.3, -0.25) is 4.79 Å². The summed E-state index contributed by atoms with van der Waals surface area (Å²) in [6.45, 7) is 2.13. The Labute approximate surface area is 107 Å². The summed E-state index contributed by atoms with van der Waals surface area (Å²) >= 11 is 0. The summed E-state index contributed by atoms with van der Waals surface area (Å²) in [5, 5.41) is 0. The van der Waals surface area contributed by atoms with Crippen molar-refractivity contribution in [3.63, 3.8) is 0 Å². The van der Waals surface area contributed by atoms with Crippen LogP contribution in [0.1, 0.15) is 15.9 Å². The van der Waals surface area contributed by atoms with E-state index in [-0.39, 0.29) is 12.3 Å². The normalized spacial score (nSPS) is 9.22. The van der Waals surface area contributed by atoms with Crippen LogP contribution in [-0.2, 0) is 0 Å². The van der Waals surface area contributed by atoms with E-state index >= 15 is 0 Å². The number of anilines is 1. The monoisotopic (exact) mass is 242 g/mol. The molecule has 0 bridgehead atoms. The minimum atomic E-state index is -0.0133. The number of hydrogen-bond donors (Lipinski definition) is 2. The SMILES string of the molecule is Cc1ccc(N)cc1.NCC(=O)c1ccccc1. The lowest BCUT2D eigenvalue weighted by molar-refractivity contribution is 0.100. The lowest BCUT2D eigenvalue weighted by Gasteiger charge is -1.93. The highest BCUT2D eigenvalue weighted by Gasteiger charge is 1.98. The largest absolute Gasteiger partial charge is 0.399 e. The van der Waals surface area contributed by atoms with E-state index < -0.39 is 0 Å². The van der Waals surface area contributed by atoms with E-state index in [1.165, 1.54) is 5.56 Å². The molecule has 0 heterocycles. The van der Waals surface area contributed by atoms with Crippen LogP contribution in [0.5, 0.6) is 0 Å². The van der Waals surface area contributed by atoms with Crippen molar-refractivity contribution in [1.82, 2.24) is 0 Å². The number of ketones is 1. The first kappa shape index (κ1) is 13.9. The third kappa shape index (κ3) is 4.80. The number of nitrogen functional groups attached to an aromatic ring is 1. The fourth-order valence-corrected chi connectivity index (χ4v) is 1.31. The number of aryl methyl sites for hydroxylation is 1. The highest BCUT2D eigenvalue weighted by atomic mass is 16.1. The maximum atomic E-state index is 10.9. The Bertz CT molecular complexity index is 457. The average Bonchev–Trinajstić information content (AvgIpc) is 2.43. The van der Waals surface area contributed by atoms with Crippen LogP contribution in [0, 0.1) is 6.92 Å². The van der Waals surface area contributed by atoms with Crippen LogP contribution in [0.4, 0.5) is 5.69 Å².